The van der Waals surface area contributed by atoms with Gasteiger partial charge in [-0.3, -0.25) is 4.79 Å². The number of hydrogen-bond donors (Lipinski definition) is 2. The second kappa shape index (κ2) is 7.40. The predicted molar refractivity (Wildman–Crippen MR) is 106 cm³/mol. The smallest absolute Gasteiger partial charge is 0.262 e. The molecular formula is C22H29NO3. The van der Waals surface area contributed by atoms with E-state index in [9.17, 15) is 9.90 Å². The van der Waals surface area contributed by atoms with Crippen LogP contribution in [0, 0.1) is 0 Å². The molecule has 2 N–H and O–H groups in total. The van der Waals surface area contributed by atoms with E-state index in [0.29, 0.717) is 5.69 Å². The van der Waals surface area contributed by atoms with Gasteiger partial charge in [-0.05, 0) is 52.3 Å². The number of phenols is 1. The van der Waals surface area contributed by atoms with Crippen LogP contribution >= 0.6 is 0 Å². The van der Waals surface area contributed by atoms with Gasteiger partial charge >= 0.3 is 0 Å². The third-order valence-corrected chi connectivity index (χ3v) is 4.16. The number of carbonyl (C=O) groups excluding carboxylic acids is 1. The van der Waals surface area contributed by atoms with E-state index in [4.69, 9.17) is 4.74 Å². The van der Waals surface area contributed by atoms with Crippen LogP contribution in [0.2, 0.25) is 0 Å². The highest BCUT2D eigenvalue weighted by Gasteiger charge is 2.23. The maximum Gasteiger partial charge on any atom is 0.262 e. The fourth-order valence-corrected chi connectivity index (χ4v) is 2.59. The van der Waals surface area contributed by atoms with Crippen molar-refractivity contribution in [2.75, 3.05) is 11.9 Å². The van der Waals surface area contributed by atoms with Gasteiger partial charge in [0.15, 0.2) is 6.61 Å². The minimum atomic E-state index is -0.240. The molecule has 4 nitrogen and oxygen atoms in total. The molecule has 2 aromatic carbocycles. The van der Waals surface area contributed by atoms with E-state index < -0.39 is 0 Å². The molecule has 0 saturated carbocycles. The zero-order chi connectivity index (χ0) is 19.5. The molecule has 0 aliphatic heterocycles. The van der Waals surface area contributed by atoms with Gasteiger partial charge < -0.3 is 15.2 Å². The zero-order valence-corrected chi connectivity index (χ0v) is 16.5. The highest BCUT2D eigenvalue weighted by Crippen LogP contribution is 2.35. The lowest BCUT2D eigenvalue weighted by molar-refractivity contribution is -0.118. The molecule has 0 heterocycles. The molecule has 140 valence electrons. The topological polar surface area (TPSA) is 58.6 Å². The number of ether oxygens (including phenoxy) is 1. The van der Waals surface area contributed by atoms with E-state index >= 15 is 0 Å². The molecule has 0 saturated heterocycles. The summed E-state index contributed by atoms with van der Waals surface area (Å²) in [7, 11) is 0. The maximum absolute atomic E-state index is 12.2. The SMILES string of the molecule is CC(C)(C)c1ccc(OCC(=O)Nc2ccc(O)cc2)c(C(C)(C)C)c1. The molecule has 0 unspecified atom stereocenters. The summed E-state index contributed by atoms with van der Waals surface area (Å²) in [4.78, 5) is 12.2. The monoisotopic (exact) mass is 355 g/mol. The van der Waals surface area contributed by atoms with Crippen molar-refractivity contribution in [3.63, 3.8) is 0 Å². The standard InChI is InChI=1S/C22H29NO3/c1-21(2,3)15-7-12-19(18(13-15)22(4,5)6)26-14-20(25)23-16-8-10-17(24)11-9-16/h7-13,24H,14H2,1-6H3,(H,23,25). The first-order valence-electron chi connectivity index (χ1n) is 8.83. The predicted octanol–water partition coefficient (Wildman–Crippen LogP) is 5.00. The lowest BCUT2D eigenvalue weighted by atomic mass is 9.80. The van der Waals surface area contributed by atoms with Crippen LogP contribution in [0.5, 0.6) is 11.5 Å². The lowest BCUT2D eigenvalue weighted by Gasteiger charge is -2.27. The first-order valence-corrected chi connectivity index (χ1v) is 8.83. The first kappa shape index (κ1) is 19.8. The van der Waals surface area contributed by atoms with E-state index in [-0.39, 0.29) is 29.1 Å². The van der Waals surface area contributed by atoms with Gasteiger partial charge in [-0.2, -0.15) is 0 Å². The molecule has 0 bridgehead atoms. The third-order valence-electron chi connectivity index (χ3n) is 4.16. The number of hydrogen-bond acceptors (Lipinski definition) is 3. The van der Waals surface area contributed by atoms with Crippen molar-refractivity contribution in [2.24, 2.45) is 0 Å². The van der Waals surface area contributed by atoms with Crippen molar-refractivity contribution in [1.82, 2.24) is 0 Å². The van der Waals surface area contributed by atoms with Crippen LogP contribution in [0.4, 0.5) is 5.69 Å². The van der Waals surface area contributed by atoms with E-state index in [1.807, 2.05) is 6.07 Å². The van der Waals surface area contributed by atoms with Gasteiger partial charge in [0.25, 0.3) is 5.91 Å². The number of nitrogens with one attached hydrogen (secondary N) is 1. The van der Waals surface area contributed by atoms with Gasteiger partial charge in [-0.15, -0.1) is 0 Å². The molecule has 1 amide bonds. The van der Waals surface area contributed by atoms with E-state index in [1.165, 1.54) is 17.7 Å². The quantitative estimate of drug-likeness (QED) is 0.758. The van der Waals surface area contributed by atoms with Gasteiger partial charge in [0, 0.05) is 5.69 Å². The normalized spacial score (nSPS) is 11.9. The minimum absolute atomic E-state index is 0.0504. The Morgan fingerprint density at radius 3 is 2.12 bits per heavy atom. The zero-order valence-electron chi connectivity index (χ0n) is 16.5. The van der Waals surface area contributed by atoms with Crippen molar-refractivity contribution >= 4 is 11.6 Å². The maximum atomic E-state index is 12.2. The van der Waals surface area contributed by atoms with Crippen LogP contribution in [0.25, 0.3) is 0 Å². The Morgan fingerprint density at radius 2 is 1.58 bits per heavy atom. The fourth-order valence-electron chi connectivity index (χ4n) is 2.59. The second-order valence-corrected chi connectivity index (χ2v) is 8.59. The summed E-state index contributed by atoms with van der Waals surface area (Å²) in [5.74, 6) is 0.648. The van der Waals surface area contributed by atoms with E-state index in [2.05, 4.69) is 59.0 Å². The van der Waals surface area contributed by atoms with Gasteiger partial charge in [0.05, 0.1) is 0 Å². The van der Waals surface area contributed by atoms with Crippen LogP contribution in [0.3, 0.4) is 0 Å². The molecule has 26 heavy (non-hydrogen) atoms. The van der Waals surface area contributed by atoms with Gasteiger partial charge in [-0.25, -0.2) is 0 Å². The molecule has 0 aliphatic carbocycles. The molecular weight excluding hydrogens is 326 g/mol. The molecule has 4 heteroatoms. The Bertz CT molecular complexity index is 765. The number of aromatic hydroxyl groups is 1. The number of anilines is 1. The van der Waals surface area contributed by atoms with E-state index in [0.717, 1.165) is 11.3 Å². The molecule has 0 radical (unpaired) electrons. The average molecular weight is 355 g/mol. The number of benzene rings is 2. The highest BCUT2D eigenvalue weighted by molar-refractivity contribution is 5.91. The van der Waals surface area contributed by atoms with E-state index in [1.54, 1.807) is 12.1 Å². The minimum Gasteiger partial charge on any atom is -0.508 e. The number of phenolic OH excluding ortho intramolecular Hbond substituents is 1. The van der Waals surface area contributed by atoms with Crippen molar-refractivity contribution in [1.29, 1.82) is 0 Å². The highest BCUT2D eigenvalue weighted by atomic mass is 16.5. The summed E-state index contributed by atoms with van der Waals surface area (Å²) in [6, 6.07) is 12.5. The van der Waals surface area contributed by atoms with Crippen LogP contribution in [0.1, 0.15) is 52.7 Å². The lowest BCUT2D eigenvalue weighted by Crippen LogP contribution is -2.22. The number of rotatable bonds is 4. The average Bonchev–Trinajstić information content (AvgIpc) is 2.53. The van der Waals surface area contributed by atoms with Crippen LogP contribution in [-0.2, 0) is 15.6 Å². The summed E-state index contributed by atoms with van der Waals surface area (Å²) < 4.78 is 5.83. The Labute approximate surface area is 156 Å². The second-order valence-electron chi connectivity index (χ2n) is 8.59. The summed E-state index contributed by atoms with van der Waals surface area (Å²) in [6.45, 7) is 12.9. The Morgan fingerprint density at radius 1 is 0.962 bits per heavy atom. The molecule has 2 rings (SSSR count). The number of amides is 1. The Kier molecular flexibility index (Phi) is 5.65. The largest absolute Gasteiger partial charge is 0.508 e. The van der Waals surface area contributed by atoms with Crippen LogP contribution in [-0.4, -0.2) is 17.6 Å². The first-order chi connectivity index (χ1) is 12.0. The Balaban J connectivity index is 2.13. The van der Waals surface area contributed by atoms with Crippen LogP contribution in [0.15, 0.2) is 42.5 Å². The molecule has 0 aliphatic rings. The van der Waals surface area contributed by atoms with Gasteiger partial charge in [-0.1, -0.05) is 53.7 Å². The number of carbonyl (C=O) groups is 1. The summed E-state index contributed by atoms with van der Waals surface area (Å²) in [5, 5.41) is 12.0. The summed E-state index contributed by atoms with van der Waals surface area (Å²) in [5.41, 5.74) is 2.90. The molecule has 0 fully saturated rings. The summed E-state index contributed by atoms with van der Waals surface area (Å²) >= 11 is 0. The van der Waals surface area contributed by atoms with Gasteiger partial charge in [0.2, 0.25) is 0 Å². The molecule has 2 aromatic rings. The Hall–Kier alpha value is -2.49. The fraction of sp³-hybridized carbons (Fsp3) is 0.409. The van der Waals surface area contributed by atoms with Crippen molar-refractivity contribution < 1.29 is 14.6 Å². The van der Waals surface area contributed by atoms with Gasteiger partial charge in [0.1, 0.15) is 11.5 Å². The summed E-state index contributed by atoms with van der Waals surface area (Å²) in [6.07, 6.45) is 0. The van der Waals surface area contributed by atoms with Crippen molar-refractivity contribution in [3.05, 3.63) is 53.6 Å². The van der Waals surface area contributed by atoms with Crippen molar-refractivity contribution in [3.8, 4) is 11.5 Å². The molecule has 0 atom stereocenters. The molecule has 0 aromatic heterocycles. The third kappa shape index (κ3) is 5.25. The van der Waals surface area contributed by atoms with Crippen molar-refractivity contribution in [2.45, 2.75) is 52.4 Å². The van der Waals surface area contributed by atoms with Crippen LogP contribution < -0.4 is 10.1 Å². The molecule has 0 spiro atoms.